The fourth-order valence-corrected chi connectivity index (χ4v) is 1.12. The number of hydrogen-bond acceptors (Lipinski definition) is 3. The van der Waals surface area contributed by atoms with Crippen molar-refractivity contribution in [1.29, 1.82) is 0 Å². The molecule has 5 heteroatoms. The molecular formula is C9H19N3O2. The highest BCUT2D eigenvalue weighted by atomic mass is 16.4. The molecule has 0 heterocycles. The normalized spacial score (nSPS) is 14.1. The second kappa shape index (κ2) is 6.23. The predicted molar refractivity (Wildman–Crippen MR) is 55.1 cm³/mol. The summed E-state index contributed by atoms with van der Waals surface area (Å²) in [6.07, 6.45) is 1.24. The minimum atomic E-state index is -0.390. The lowest BCUT2D eigenvalue weighted by molar-refractivity contribution is -0.121. The Morgan fingerprint density at radius 2 is 2.14 bits per heavy atom. The van der Waals surface area contributed by atoms with Crippen molar-refractivity contribution in [2.75, 3.05) is 0 Å². The van der Waals surface area contributed by atoms with Gasteiger partial charge in [-0.1, -0.05) is 25.9 Å². The number of rotatable bonds is 5. The zero-order valence-electron chi connectivity index (χ0n) is 8.95. The van der Waals surface area contributed by atoms with Crippen molar-refractivity contribution in [3.63, 3.8) is 0 Å². The summed E-state index contributed by atoms with van der Waals surface area (Å²) in [7, 11) is 0. The average molecular weight is 201 g/mol. The maximum atomic E-state index is 11.3. The Kier molecular flexibility index (Phi) is 5.67. The van der Waals surface area contributed by atoms with Crippen molar-refractivity contribution in [1.82, 2.24) is 5.32 Å². The molecule has 0 aliphatic rings. The van der Waals surface area contributed by atoms with E-state index in [-0.39, 0.29) is 23.7 Å². The van der Waals surface area contributed by atoms with Gasteiger partial charge in [-0.15, -0.1) is 0 Å². The summed E-state index contributed by atoms with van der Waals surface area (Å²) in [6.45, 7) is 5.72. The van der Waals surface area contributed by atoms with E-state index in [0.717, 1.165) is 6.42 Å². The molecule has 14 heavy (non-hydrogen) atoms. The molecule has 0 aromatic rings. The number of nitrogens with one attached hydrogen (secondary N) is 1. The number of nitrogens with two attached hydrogens (primary N) is 1. The lowest BCUT2D eigenvalue weighted by atomic mass is 10.0. The highest BCUT2D eigenvalue weighted by Gasteiger charge is 2.19. The summed E-state index contributed by atoms with van der Waals surface area (Å²) in [5.41, 5.74) is 5.45. The van der Waals surface area contributed by atoms with Gasteiger partial charge in [0.05, 0.1) is 6.04 Å². The summed E-state index contributed by atoms with van der Waals surface area (Å²) in [5, 5.41) is 14.1. The summed E-state index contributed by atoms with van der Waals surface area (Å²) < 4.78 is 0. The van der Waals surface area contributed by atoms with Crippen LogP contribution in [0.15, 0.2) is 5.16 Å². The third kappa shape index (κ3) is 4.11. The van der Waals surface area contributed by atoms with Crippen LogP contribution in [-0.4, -0.2) is 23.0 Å². The first kappa shape index (κ1) is 12.7. The number of carbonyl (C=O) groups is 1. The fourth-order valence-electron chi connectivity index (χ4n) is 1.12. The fraction of sp³-hybridized carbons (Fsp3) is 0.778. The molecule has 0 fully saturated rings. The quantitative estimate of drug-likeness (QED) is 0.264. The number of carbonyl (C=O) groups excluding carboxylic acids is 1. The minimum absolute atomic E-state index is 0.0458. The van der Waals surface area contributed by atoms with E-state index in [9.17, 15) is 4.79 Å². The minimum Gasteiger partial charge on any atom is -0.409 e. The monoisotopic (exact) mass is 201 g/mol. The van der Waals surface area contributed by atoms with Gasteiger partial charge >= 0.3 is 0 Å². The van der Waals surface area contributed by atoms with E-state index >= 15 is 0 Å². The van der Waals surface area contributed by atoms with E-state index in [4.69, 9.17) is 10.9 Å². The van der Waals surface area contributed by atoms with Crippen LogP contribution in [0.1, 0.15) is 33.6 Å². The highest BCUT2D eigenvalue weighted by molar-refractivity contribution is 5.90. The van der Waals surface area contributed by atoms with Crippen LogP contribution in [0.5, 0.6) is 0 Å². The molecule has 1 atom stereocenters. The van der Waals surface area contributed by atoms with Crippen molar-refractivity contribution < 1.29 is 10.0 Å². The van der Waals surface area contributed by atoms with Gasteiger partial charge in [-0.25, -0.2) is 0 Å². The third-order valence-corrected chi connectivity index (χ3v) is 1.89. The number of oxime groups is 1. The van der Waals surface area contributed by atoms with Crippen LogP contribution in [0.25, 0.3) is 0 Å². The molecule has 0 spiro atoms. The van der Waals surface area contributed by atoms with E-state index in [2.05, 4.69) is 10.5 Å². The van der Waals surface area contributed by atoms with Crippen LogP contribution in [0.2, 0.25) is 0 Å². The van der Waals surface area contributed by atoms with Gasteiger partial charge in [0.1, 0.15) is 0 Å². The molecule has 0 saturated carbocycles. The molecule has 1 unspecified atom stereocenters. The van der Waals surface area contributed by atoms with Crippen LogP contribution in [0.4, 0.5) is 0 Å². The van der Waals surface area contributed by atoms with Gasteiger partial charge in [0.2, 0.25) is 5.91 Å². The zero-order valence-corrected chi connectivity index (χ0v) is 8.95. The Hall–Kier alpha value is -1.26. The summed E-state index contributed by atoms with van der Waals surface area (Å²) in [4.78, 5) is 11.3. The van der Waals surface area contributed by atoms with E-state index < -0.39 is 0 Å². The second-order valence-corrected chi connectivity index (χ2v) is 3.56. The molecule has 1 amide bonds. The first-order valence-corrected chi connectivity index (χ1v) is 4.79. The van der Waals surface area contributed by atoms with E-state index in [0.29, 0.717) is 6.42 Å². The third-order valence-electron chi connectivity index (χ3n) is 1.89. The molecule has 0 aliphatic heterocycles. The first-order valence-electron chi connectivity index (χ1n) is 4.79. The lowest BCUT2D eigenvalue weighted by Gasteiger charge is -2.20. The largest absolute Gasteiger partial charge is 0.409 e. The molecule has 0 aliphatic carbocycles. The molecular weight excluding hydrogens is 182 g/mol. The van der Waals surface area contributed by atoms with Gasteiger partial charge in [-0.2, -0.15) is 0 Å². The van der Waals surface area contributed by atoms with Gasteiger partial charge in [-0.05, 0) is 12.3 Å². The Morgan fingerprint density at radius 3 is 2.50 bits per heavy atom. The van der Waals surface area contributed by atoms with Crippen LogP contribution >= 0.6 is 0 Å². The van der Waals surface area contributed by atoms with Crippen LogP contribution in [-0.2, 0) is 4.79 Å². The smallest absolute Gasteiger partial charge is 0.220 e. The predicted octanol–water partition coefficient (Wildman–Crippen LogP) is 0.674. The van der Waals surface area contributed by atoms with Crippen molar-refractivity contribution in [3.05, 3.63) is 0 Å². The number of hydrogen-bond donors (Lipinski definition) is 3. The summed E-state index contributed by atoms with van der Waals surface area (Å²) >= 11 is 0. The lowest BCUT2D eigenvalue weighted by Crippen LogP contribution is -2.47. The number of nitrogens with zero attached hydrogens (tertiary/aromatic N) is 1. The maximum Gasteiger partial charge on any atom is 0.220 e. The van der Waals surface area contributed by atoms with Crippen LogP contribution < -0.4 is 11.1 Å². The molecule has 4 N–H and O–H groups in total. The van der Waals surface area contributed by atoms with Crippen molar-refractivity contribution in [3.8, 4) is 0 Å². The Bertz CT molecular complexity index is 214. The first-order chi connectivity index (χ1) is 6.52. The van der Waals surface area contributed by atoms with E-state index in [1.54, 1.807) is 0 Å². The zero-order chi connectivity index (χ0) is 11.1. The van der Waals surface area contributed by atoms with Gasteiger partial charge in [0.15, 0.2) is 5.84 Å². The molecule has 0 rings (SSSR count). The highest BCUT2D eigenvalue weighted by Crippen LogP contribution is 2.02. The van der Waals surface area contributed by atoms with Gasteiger partial charge in [0, 0.05) is 6.42 Å². The molecule has 5 nitrogen and oxygen atoms in total. The molecule has 0 aromatic carbocycles. The van der Waals surface area contributed by atoms with E-state index in [1.165, 1.54) is 0 Å². The van der Waals surface area contributed by atoms with Crippen molar-refractivity contribution >= 4 is 11.7 Å². The number of amidine groups is 1. The summed E-state index contributed by atoms with van der Waals surface area (Å²) in [5.74, 6) is 0.0777. The number of amides is 1. The van der Waals surface area contributed by atoms with Gasteiger partial charge in [0.25, 0.3) is 0 Å². The van der Waals surface area contributed by atoms with Gasteiger partial charge in [-0.3, -0.25) is 4.79 Å². The van der Waals surface area contributed by atoms with Crippen LogP contribution in [0, 0.1) is 5.92 Å². The second-order valence-electron chi connectivity index (χ2n) is 3.56. The maximum absolute atomic E-state index is 11.3. The summed E-state index contributed by atoms with van der Waals surface area (Å²) in [6, 6.07) is -0.390. The van der Waals surface area contributed by atoms with Crippen molar-refractivity contribution in [2.45, 2.75) is 39.7 Å². The Morgan fingerprint density at radius 1 is 1.57 bits per heavy atom. The SMILES string of the molecule is CCCC(=O)NC(C(N)=NO)C(C)C. The van der Waals surface area contributed by atoms with Crippen molar-refractivity contribution in [2.24, 2.45) is 16.8 Å². The topological polar surface area (TPSA) is 87.7 Å². The Balaban J connectivity index is 4.31. The van der Waals surface area contributed by atoms with E-state index in [1.807, 2.05) is 20.8 Å². The standard InChI is InChI=1S/C9H19N3O2/c1-4-5-7(13)11-8(6(2)3)9(10)12-14/h6,8,14H,4-5H2,1-3H3,(H2,10,12)(H,11,13). The average Bonchev–Trinajstić information content (AvgIpc) is 2.13. The van der Waals surface area contributed by atoms with Crippen LogP contribution in [0.3, 0.4) is 0 Å². The van der Waals surface area contributed by atoms with Gasteiger partial charge < -0.3 is 16.3 Å². The molecule has 0 bridgehead atoms. The molecule has 0 radical (unpaired) electrons. The molecule has 0 aromatic heterocycles. The molecule has 82 valence electrons. The molecule has 0 saturated heterocycles. The Labute approximate surface area is 84.4 Å².